The van der Waals surface area contributed by atoms with E-state index >= 15 is 0 Å². The van der Waals surface area contributed by atoms with Crippen LogP contribution >= 0.6 is 0 Å². The van der Waals surface area contributed by atoms with E-state index in [9.17, 15) is 24.7 Å². The number of rotatable bonds is 12. The molecule has 1 unspecified atom stereocenters. The predicted molar refractivity (Wildman–Crippen MR) is 118 cm³/mol. The molecule has 0 fully saturated rings. The van der Waals surface area contributed by atoms with E-state index in [0.29, 0.717) is 0 Å². The number of carbonyl (C=O) groups is 3. The number of aliphatic hydroxyl groups excluding tert-OH is 1. The molecule has 0 aromatic heterocycles. The van der Waals surface area contributed by atoms with E-state index in [2.05, 4.69) is 5.43 Å². The van der Waals surface area contributed by atoms with Crippen LogP contribution in [0.15, 0.2) is 36.4 Å². The minimum Gasteiger partial charge on any atom is -0.389 e. The maximum absolute atomic E-state index is 13.2. The summed E-state index contributed by atoms with van der Waals surface area (Å²) >= 11 is 0. The SMILES string of the molecule is CC(C)C[C@@H](C(=O)NN)[C@H](C(=O)NO)C(/C=C/c1ccccc1)(CC(C)C)C(=O)CO. The van der Waals surface area contributed by atoms with E-state index in [4.69, 9.17) is 5.84 Å². The highest BCUT2D eigenvalue weighted by atomic mass is 16.5. The van der Waals surface area contributed by atoms with E-state index < -0.39 is 41.5 Å². The lowest BCUT2D eigenvalue weighted by atomic mass is 9.61. The third kappa shape index (κ3) is 6.99. The van der Waals surface area contributed by atoms with E-state index in [-0.39, 0.29) is 24.7 Å². The number of nitrogens with two attached hydrogens (primary N) is 1. The number of aliphatic hydroxyl groups is 1. The summed E-state index contributed by atoms with van der Waals surface area (Å²) < 4.78 is 0. The second-order valence-corrected chi connectivity index (χ2v) is 8.66. The Bertz CT molecular complexity index is 764. The summed E-state index contributed by atoms with van der Waals surface area (Å²) in [5.41, 5.74) is 2.95. The molecule has 0 saturated carbocycles. The van der Waals surface area contributed by atoms with E-state index in [0.717, 1.165) is 5.56 Å². The fourth-order valence-corrected chi connectivity index (χ4v) is 4.17. The molecule has 0 spiro atoms. The molecule has 2 amide bonds. The second-order valence-electron chi connectivity index (χ2n) is 8.66. The van der Waals surface area contributed by atoms with Crippen molar-refractivity contribution in [3.8, 4) is 0 Å². The molecule has 0 aliphatic rings. The van der Waals surface area contributed by atoms with Crippen molar-refractivity contribution in [2.45, 2.75) is 40.5 Å². The van der Waals surface area contributed by atoms with E-state index in [1.165, 1.54) is 0 Å². The van der Waals surface area contributed by atoms with Crippen LogP contribution in [-0.4, -0.2) is 34.5 Å². The van der Waals surface area contributed by atoms with Gasteiger partial charge < -0.3 is 5.11 Å². The molecule has 3 atom stereocenters. The van der Waals surface area contributed by atoms with Crippen molar-refractivity contribution in [2.75, 3.05) is 6.61 Å². The van der Waals surface area contributed by atoms with E-state index in [1.807, 2.05) is 58.0 Å². The molecule has 1 rings (SSSR count). The highest BCUT2D eigenvalue weighted by Gasteiger charge is 2.52. The molecular weight excluding hydrogens is 398 g/mol. The third-order valence-corrected chi connectivity index (χ3v) is 5.34. The second kappa shape index (κ2) is 12.3. The number of ketones is 1. The predicted octanol–water partition coefficient (Wildman–Crippen LogP) is 2.07. The lowest BCUT2D eigenvalue weighted by Gasteiger charge is -2.41. The van der Waals surface area contributed by atoms with Gasteiger partial charge in [-0.15, -0.1) is 0 Å². The number of hydrogen-bond donors (Lipinski definition) is 5. The molecule has 8 nitrogen and oxygen atoms in total. The van der Waals surface area contributed by atoms with Crippen LogP contribution in [0.5, 0.6) is 0 Å². The molecule has 0 aliphatic heterocycles. The summed E-state index contributed by atoms with van der Waals surface area (Å²) in [7, 11) is 0. The highest BCUT2D eigenvalue weighted by Crippen LogP contribution is 2.44. The lowest BCUT2D eigenvalue weighted by molar-refractivity contribution is -0.152. The molecule has 0 bridgehead atoms. The Balaban J connectivity index is 3.80. The fraction of sp³-hybridized carbons (Fsp3) is 0.522. The number of hydrogen-bond acceptors (Lipinski definition) is 6. The number of amides is 2. The largest absolute Gasteiger partial charge is 0.389 e. The van der Waals surface area contributed by atoms with Crippen molar-refractivity contribution in [3.63, 3.8) is 0 Å². The summed E-state index contributed by atoms with van der Waals surface area (Å²) in [6, 6.07) is 9.18. The Labute approximate surface area is 183 Å². The molecule has 0 heterocycles. The van der Waals surface area contributed by atoms with E-state index in [1.54, 1.807) is 17.6 Å². The molecule has 0 saturated heterocycles. The van der Waals surface area contributed by atoms with Gasteiger partial charge in [0.25, 0.3) is 0 Å². The van der Waals surface area contributed by atoms with Crippen LogP contribution in [0.25, 0.3) is 6.08 Å². The van der Waals surface area contributed by atoms with Gasteiger partial charge in [0.1, 0.15) is 6.61 Å². The standard InChI is InChI=1S/C23H35N3O5/c1-15(2)12-18(21(29)25-24)20(22(30)26-31)23(13-16(3)4,19(28)14-27)11-10-17-8-6-5-7-9-17/h5-11,15-16,18,20,27,31H,12-14,24H2,1-4H3,(H,25,29)(H,26,30)/b11-10+/t18-,20-,23?/m1/s1. The first-order chi connectivity index (χ1) is 14.6. The number of allylic oxidation sites excluding steroid dienone is 1. The van der Waals surface area contributed by atoms with Crippen molar-refractivity contribution in [2.24, 2.45) is 34.9 Å². The number of carbonyl (C=O) groups excluding carboxylic acids is 3. The Hall–Kier alpha value is -2.55. The summed E-state index contributed by atoms with van der Waals surface area (Å²) in [5.74, 6) is 0.930. The molecule has 0 aliphatic carbocycles. The average Bonchev–Trinajstić information content (AvgIpc) is 2.75. The first-order valence-corrected chi connectivity index (χ1v) is 10.5. The number of Topliss-reactive ketones (excluding diaryl/α,β-unsaturated/α-hetero) is 1. The summed E-state index contributed by atoms with van der Waals surface area (Å²) in [6.45, 7) is 6.69. The van der Waals surface area contributed by atoms with Gasteiger partial charge >= 0.3 is 0 Å². The van der Waals surface area contributed by atoms with Gasteiger partial charge in [-0.25, -0.2) is 11.3 Å². The zero-order chi connectivity index (χ0) is 23.6. The molecule has 31 heavy (non-hydrogen) atoms. The van der Waals surface area contributed by atoms with Crippen LogP contribution in [0.4, 0.5) is 0 Å². The van der Waals surface area contributed by atoms with Crippen LogP contribution < -0.4 is 16.7 Å². The number of hydroxylamine groups is 1. The summed E-state index contributed by atoms with van der Waals surface area (Å²) in [6.07, 6.45) is 3.71. The highest BCUT2D eigenvalue weighted by molar-refractivity contribution is 5.97. The zero-order valence-electron chi connectivity index (χ0n) is 18.7. The Morgan fingerprint density at radius 1 is 1.06 bits per heavy atom. The maximum atomic E-state index is 13.2. The summed E-state index contributed by atoms with van der Waals surface area (Å²) in [5, 5.41) is 19.4. The number of hydrazine groups is 1. The van der Waals surface area contributed by atoms with Gasteiger partial charge in [0.05, 0.1) is 17.3 Å². The molecule has 1 aromatic rings. The minimum atomic E-state index is -1.54. The van der Waals surface area contributed by atoms with Crippen molar-refractivity contribution in [1.82, 2.24) is 10.9 Å². The van der Waals surface area contributed by atoms with Crippen LogP contribution in [0.2, 0.25) is 0 Å². The topological polar surface area (TPSA) is 142 Å². The number of benzene rings is 1. The minimum absolute atomic E-state index is 0.00428. The molecule has 8 heteroatoms. The third-order valence-electron chi connectivity index (χ3n) is 5.34. The van der Waals surface area contributed by atoms with Gasteiger partial charge in [-0.05, 0) is 30.2 Å². The van der Waals surface area contributed by atoms with Crippen LogP contribution in [0.3, 0.4) is 0 Å². The zero-order valence-corrected chi connectivity index (χ0v) is 18.7. The first-order valence-electron chi connectivity index (χ1n) is 10.5. The van der Waals surface area contributed by atoms with Crippen molar-refractivity contribution in [1.29, 1.82) is 0 Å². The van der Waals surface area contributed by atoms with Gasteiger partial charge in [0.15, 0.2) is 5.78 Å². The van der Waals surface area contributed by atoms with Crippen molar-refractivity contribution in [3.05, 3.63) is 42.0 Å². The lowest BCUT2D eigenvalue weighted by Crippen LogP contribution is -2.54. The van der Waals surface area contributed by atoms with Gasteiger partial charge in [0, 0.05) is 0 Å². The summed E-state index contributed by atoms with van der Waals surface area (Å²) in [4.78, 5) is 38.9. The van der Waals surface area contributed by atoms with Crippen molar-refractivity contribution >= 4 is 23.7 Å². The molecule has 1 aromatic carbocycles. The molecule has 6 N–H and O–H groups in total. The van der Waals surface area contributed by atoms with Crippen molar-refractivity contribution < 1.29 is 24.7 Å². The average molecular weight is 434 g/mol. The van der Waals surface area contributed by atoms with Gasteiger partial charge in [0.2, 0.25) is 11.8 Å². The Morgan fingerprint density at radius 2 is 1.68 bits per heavy atom. The monoisotopic (exact) mass is 433 g/mol. The van der Waals surface area contributed by atoms with Crippen LogP contribution in [-0.2, 0) is 14.4 Å². The molecule has 172 valence electrons. The quantitative estimate of drug-likeness (QED) is 0.148. The van der Waals surface area contributed by atoms with Gasteiger partial charge in [-0.3, -0.25) is 25.0 Å². The van der Waals surface area contributed by atoms with Crippen LogP contribution in [0.1, 0.15) is 46.1 Å². The normalized spacial score (nSPS) is 15.5. The van der Waals surface area contributed by atoms with Gasteiger partial charge in [-0.2, -0.15) is 0 Å². The maximum Gasteiger partial charge on any atom is 0.248 e. The molecule has 0 radical (unpaired) electrons. The fourth-order valence-electron chi connectivity index (χ4n) is 4.17. The smallest absolute Gasteiger partial charge is 0.248 e. The van der Waals surface area contributed by atoms with Gasteiger partial charge in [-0.1, -0.05) is 70.2 Å². The molecular formula is C23H35N3O5. The number of nitrogens with one attached hydrogen (secondary N) is 2. The Kier molecular flexibility index (Phi) is 10.5. The van der Waals surface area contributed by atoms with Crippen LogP contribution in [0, 0.1) is 29.1 Å². The Morgan fingerprint density at radius 3 is 2.13 bits per heavy atom. The first kappa shape index (κ1) is 26.5.